The maximum atomic E-state index is 12.4. The second-order valence-electron chi connectivity index (χ2n) is 7.63. The van der Waals surface area contributed by atoms with Gasteiger partial charge in [-0.05, 0) is 23.3 Å². The van der Waals surface area contributed by atoms with Gasteiger partial charge in [-0.15, -0.1) is 13.2 Å². The zero-order valence-corrected chi connectivity index (χ0v) is 20.1. The number of hydrogen-bond donors (Lipinski definition) is 4. The van der Waals surface area contributed by atoms with Gasteiger partial charge in [-0.25, -0.2) is 0 Å². The van der Waals surface area contributed by atoms with Gasteiger partial charge in [0.1, 0.15) is 5.75 Å². The molecule has 1 aromatic heterocycles. The highest BCUT2D eigenvalue weighted by Gasteiger charge is 2.30. The summed E-state index contributed by atoms with van der Waals surface area (Å²) in [5, 5.41) is 9.35. The number of benzene rings is 2. The highest BCUT2D eigenvalue weighted by molar-refractivity contribution is 5.43. The summed E-state index contributed by atoms with van der Waals surface area (Å²) < 4.78 is 51.8. The second kappa shape index (κ2) is 14.8. The van der Waals surface area contributed by atoms with E-state index in [1.165, 1.54) is 24.3 Å². The lowest BCUT2D eigenvalue weighted by atomic mass is 10.2. The van der Waals surface area contributed by atoms with Crippen LogP contribution in [0.2, 0.25) is 0 Å². The molecule has 0 radical (unpaired) electrons. The Hall–Kier alpha value is -3.68. The minimum absolute atomic E-state index is 0.278. The number of nitrogens with one attached hydrogen (secondary N) is 3. The van der Waals surface area contributed by atoms with E-state index in [4.69, 9.17) is 15.2 Å². The van der Waals surface area contributed by atoms with Crippen molar-refractivity contribution in [2.75, 3.05) is 55.5 Å². The monoisotopic (exact) mass is 521 g/mol. The molecule has 0 bridgehead atoms. The van der Waals surface area contributed by atoms with E-state index >= 15 is 0 Å². The molecule has 3 rings (SSSR count). The lowest BCUT2D eigenvalue weighted by Gasteiger charge is -2.12. The Kier molecular flexibility index (Phi) is 11.1. The molecular weight excluding hydrogens is 491 g/mol. The summed E-state index contributed by atoms with van der Waals surface area (Å²) in [7, 11) is 0. The van der Waals surface area contributed by atoms with Gasteiger partial charge in [-0.3, -0.25) is 0 Å². The summed E-state index contributed by atoms with van der Waals surface area (Å²) >= 11 is 0. The van der Waals surface area contributed by atoms with Gasteiger partial charge in [-0.2, -0.15) is 15.0 Å². The fourth-order valence-corrected chi connectivity index (χ4v) is 3.02. The molecule has 0 spiro atoms. The first-order valence-corrected chi connectivity index (χ1v) is 11.6. The van der Waals surface area contributed by atoms with Crippen LogP contribution in [-0.4, -0.2) is 60.8 Å². The van der Waals surface area contributed by atoms with Crippen molar-refractivity contribution in [2.24, 2.45) is 5.73 Å². The van der Waals surface area contributed by atoms with E-state index in [1.54, 1.807) is 0 Å². The molecule has 0 saturated heterocycles. The van der Waals surface area contributed by atoms with Gasteiger partial charge in [0.05, 0.1) is 26.4 Å². The molecule has 0 unspecified atom stereocenters. The van der Waals surface area contributed by atoms with Crippen molar-refractivity contribution in [1.29, 1.82) is 0 Å². The number of nitrogens with zero attached hydrogens (tertiary/aromatic N) is 3. The number of halogens is 3. The first-order chi connectivity index (χ1) is 17.9. The lowest BCUT2D eigenvalue weighted by Crippen LogP contribution is -2.17. The van der Waals surface area contributed by atoms with Gasteiger partial charge in [0.25, 0.3) is 0 Å². The van der Waals surface area contributed by atoms with Crippen LogP contribution < -0.4 is 26.4 Å². The molecule has 37 heavy (non-hydrogen) atoms. The van der Waals surface area contributed by atoms with Crippen molar-refractivity contribution in [1.82, 2.24) is 15.0 Å². The number of aromatic nitrogens is 3. The number of anilines is 3. The number of alkyl halides is 3. The molecular formula is C24H30F3N7O3. The van der Waals surface area contributed by atoms with Crippen LogP contribution in [-0.2, 0) is 22.6 Å². The SMILES string of the molecule is NCCOCCOCCNc1nc(NCc2ccccc2)nc(NCc2ccc(OC(F)(F)F)cc2)n1. The number of nitrogens with two attached hydrogens (primary N) is 1. The van der Waals surface area contributed by atoms with Gasteiger partial charge in [0, 0.05) is 26.2 Å². The maximum absolute atomic E-state index is 12.4. The number of rotatable bonds is 16. The van der Waals surface area contributed by atoms with E-state index in [9.17, 15) is 13.2 Å². The van der Waals surface area contributed by atoms with Crippen molar-refractivity contribution in [3.63, 3.8) is 0 Å². The third-order valence-corrected chi connectivity index (χ3v) is 4.70. The molecule has 0 saturated carbocycles. The van der Waals surface area contributed by atoms with Gasteiger partial charge in [-0.1, -0.05) is 42.5 Å². The first-order valence-electron chi connectivity index (χ1n) is 11.6. The molecule has 0 fully saturated rings. The average Bonchev–Trinajstić information content (AvgIpc) is 2.88. The van der Waals surface area contributed by atoms with Crippen molar-refractivity contribution in [3.05, 3.63) is 65.7 Å². The topological polar surface area (TPSA) is 128 Å². The van der Waals surface area contributed by atoms with Crippen molar-refractivity contribution >= 4 is 17.8 Å². The summed E-state index contributed by atoms with van der Waals surface area (Å²) in [5.41, 5.74) is 7.14. The smallest absolute Gasteiger partial charge is 0.406 e. The van der Waals surface area contributed by atoms with Crippen molar-refractivity contribution in [3.8, 4) is 5.75 Å². The van der Waals surface area contributed by atoms with Crippen LogP contribution in [0.4, 0.5) is 31.0 Å². The molecule has 0 aliphatic carbocycles. The Labute approximate surface area is 212 Å². The van der Waals surface area contributed by atoms with Gasteiger partial charge < -0.3 is 35.9 Å². The Bertz CT molecular complexity index is 1060. The maximum Gasteiger partial charge on any atom is 0.573 e. The summed E-state index contributed by atoms with van der Waals surface area (Å²) in [4.78, 5) is 13.2. The number of ether oxygens (including phenoxy) is 3. The fraction of sp³-hybridized carbons (Fsp3) is 0.375. The molecule has 0 amide bonds. The van der Waals surface area contributed by atoms with E-state index in [0.717, 1.165) is 5.56 Å². The second-order valence-corrected chi connectivity index (χ2v) is 7.63. The Morgan fingerprint density at radius 1 is 0.676 bits per heavy atom. The van der Waals surface area contributed by atoms with E-state index in [0.29, 0.717) is 69.5 Å². The predicted octanol–water partition coefficient (Wildman–Crippen LogP) is 3.40. The molecule has 0 atom stereocenters. The van der Waals surface area contributed by atoms with Gasteiger partial charge in [0.2, 0.25) is 17.8 Å². The van der Waals surface area contributed by atoms with Crippen LogP contribution in [0.1, 0.15) is 11.1 Å². The van der Waals surface area contributed by atoms with Crippen LogP contribution in [0.25, 0.3) is 0 Å². The van der Waals surface area contributed by atoms with Crippen LogP contribution >= 0.6 is 0 Å². The van der Waals surface area contributed by atoms with Crippen LogP contribution in [0, 0.1) is 0 Å². The average molecular weight is 522 g/mol. The lowest BCUT2D eigenvalue weighted by molar-refractivity contribution is -0.274. The Balaban J connectivity index is 1.58. The van der Waals surface area contributed by atoms with Gasteiger partial charge in [0.15, 0.2) is 0 Å². The third-order valence-electron chi connectivity index (χ3n) is 4.70. The highest BCUT2D eigenvalue weighted by atomic mass is 19.4. The van der Waals surface area contributed by atoms with E-state index < -0.39 is 6.36 Å². The van der Waals surface area contributed by atoms with E-state index in [2.05, 4.69) is 35.6 Å². The van der Waals surface area contributed by atoms with Crippen LogP contribution in [0.3, 0.4) is 0 Å². The molecule has 1 heterocycles. The summed E-state index contributed by atoms with van der Waals surface area (Å²) in [5.74, 6) is 0.696. The molecule has 0 aliphatic heterocycles. The molecule has 3 aromatic rings. The molecule has 10 nitrogen and oxygen atoms in total. The quantitative estimate of drug-likeness (QED) is 0.208. The Morgan fingerprint density at radius 3 is 1.78 bits per heavy atom. The molecule has 200 valence electrons. The molecule has 5 N–H and O–H groups in total. The normalized spacial score (nSPS) is 11.2. The molecule has 2 aromatic carbocycles. The van der Waals surface area contributed by atoms with Crippen LogP contribution in [0.5, 0.6) is 5.75 Å². The molecule has 13 heteroatoms. The largest absolute Gasteiger partial charge is 0.573 e. The van der Waals surface area contributed by atoms with Crippen molar-refractivity contribution in [2.45, 2.75) is 19.5 Å². The first kappa shape index (κ1) is 27.9. The predicted molar refractivity (Wildman–Crippen MR) is 133 cm³/mol. The zero-order valence-electron chi connectivity index (χ0n) is 20.1. The molecule has 0 aliphatic rings. The summed E-state index contributed by atoms with van der Waals surface area (Å²) in [6, 6.07) is 15.3. The standard InChI is InChI=1S/C24H30F3N7O3/c25-24(26,27)37-20-8-6-19(7-9-20)17-31-23-33-21(29-11-13-36-15-14-35-12-10-28)32-22(34-23)30-16-18-4-2-1-3-5-18/h1-9H,10-17,28H2,(H3,29,30,31,32,33,34). The zero-order chi connectivity index (χ0) is 26.3. The van der Waals surface area contributed by atoms with Gasteiger partial charge >= 0.3 is 6.36 Å². The Morgan fingerprint density at radius 2 is 1.22 bits per heavy atom. The summed E-state index contributed by atoms with van der Waals surface area (Å²) in [6.07, 6.45) is -4.74. The third kappa shape index (κ3) is 11.3. The summed E-state index contributed by atoms with van der Waals surface area (Å²) in [6.45, 7) is 3.53. The number of hydrogen-bond acceptors (Lipinski definition) is 10. The highest BCUT2D eigenvalue weighted by Crippen LogP contribution is 2.23. The van der Waals surface area contributed by atoms with E-state index in [1.807, 2.05) is 30.3 Å². The fourth-order valence-electron chi connectivity index (χ4n) is 3.02. The minimum Gasteiger partial charge on any atom is -0.406 e. The van der Waals surface area contributed by atoms with Crippen molar-refractivity contribution < 1.29 is 27.4 Å². The minimum atomic E-state index is -4.74. The van der Waals surface area contributed by atoms with E-state index in [-0.39, 0.29) is 12.3 Å². The van der Waals surface area contributed by atoms with Crippen LogP contribution in [0.15, 0.2) is 54.6 Å².